The molecule has 1 amide bonds. The van der Waals surface area contributed by atoms with Crippen molar-refractivity contribution in [3.63, 3.8) is 0 Å². The SMILES string of the molecule is COc1nc(-c2cccc(C#N)c2)nc(N)c1C(=O)NOCC(C)(C)O. The standard InChI is InChI=1S/C17H19N5O4/c1-17(2,24)9-26-22-15(23)12-13(19)20-14(21-16(12)25-3)11-6-4-5-10(7-11)8-18/h4-7,24H,9H2,1-3H3,(H,22,23)(H2,19,20,21). The van der Waals surface area contributed by atoms with Crippen LogP contribution in [0, 0.1) is 11.3 Å². The van der Waals surface area contributed by atoms with E-state index in [4.69, 9.17) is 20.6 Å². The van der Waals surface area contributed by atoms with Crippen LogP contribution in [-0.2, 0) is 4.84 Å². The molecule has 2 aromatic rings. The molecule has 0 bridgehead atoms. The number of nitrogens with two attached hydrogens (primary N) is 1. The molecule has 9 nitrogen and oxygen atoms in total. The lowest BCUT2D eigenvalue weighted by Crippen LogP contribution is -2.34. The zero-order valence-corrected chi connectivity index (χ0v) is 14.6. The first-order chi connectivity index (χ1) is 12.2. The molecule has 1 heterocycles. The van der Waals surface area contributed by atoms with Crippen LogP contribution in [0.5, 0.6) is 5.88 Å². The fourth-order valence-corrected chi connectivity index (χ4v) is 2.00. The van der Waals surface area contributed by atoms with Gasteiger partial charge in [-0.05, 0) is 26.0 Å². The molecule has 0 aliphatic rings. The van der Waals surface area contributed by atoms with E-state index in [1.165, 1.54) is 21.0 Å². The number of hydroxylamine groups is 1. The molecule has 9 heteroatoms. The normalized spacial score (nSPS) is 10.9. The van der Waals surface area contributed by atoms with Gasteiger partial charge in [0.15, 0.2) is 5.82 Å². The molecule has 1 aromatic heterocycles. The number of aromatic nitrogens is 2. The van der Waals surface area contributed by atoms with E-state index in [-0.39, 0.29) is 29.7 Å². The number of aliphatic hydroxyl groups is 1. The molecule has 136 valence electrons. The van der Waals surface area contributed by atoms with E-state index in [1.807, 2.05) is 6.07 Å². The molecule has 0 aliphatic carbocycles. The van der Waals surface area contributed by atoms with E-state index in [1.54, 1.807) is 24.3 Å². The quantitative estimate of drug-likeness (QED) is 0.651. The molecular formula is C17H19N5O4. The Morgan fingerprint density at radius 3 is 2.77 bits per heavy atom. The number of nitrogen functional groups attached to an aromatic ring is 1. The summed E-state index contributed by atoms with van der Waals surface area (Å²) in [5, 5.41) is 18.6. The highest BCUT2D eigenvalue weighted by molar-refractivity contribution is 6.00. The van der Waals surface area contributed by atoms with Crippen molar-refractivity contribution in [1.29, 1.82) is 5.26 Å². The largest absolute Gasteiger partial charge is 0.480 e. The number of amides is 1. The molecule has 4 N–H and O–H groups in total. The Labute approximate surface area is 150 Å². The maximum atomic E-state index is 12.3. The van der Waals surface area contributed by atoms with Gasteiger partial charge in [-0.15, -0.1) is 0 Å². The highest BCUT2D eigenvalue weighted by Crippen LogP contribution is 2.26. The maximum absolute atomic E-state index is 12.3. The summed E-state index contributed by atoms with van der Waals surface area (Å²) in [7, 11) is 1.34. The Hall–Kier alpha value is -3.22. The minimum Gasteiger partial charge on any atom is -0.480 e. The average Bonchev–Trinajstić information content (AvgIpc) is 2.59. The zero-order chi connectivity index (χ0) is 19.3. The fraction of sp³-hybridized carbons (Fsp3) is 0.294. The molecule has 0 radical (unpaired) electrons. The van der Waals surface area contributed by atoms with Crippen LogP contribution in [0.4, 0.5) is 5.82 Å². The minimum atomic E-state index is -1.12. The number of carbonyl (C=O) groups is 1. The third-order valence-electron chi connectivity index (χ3n) is 3.16. The van der Waals surface area contributed by atoms with Gasteiger partial charge in [0.05, 0.1) is 24.3 Å². The second kappa shape index (κ2) is 7.77. The summed E-state index contributed by atoms with van der Waals surface area (Å²) < 4.78 is 5.15. The average molecular weight is 357 g/mol. The number of methoxy groups -OCH3 is 1. The van der Waals surface area contributed by atoms with Crippen molar-refractivity contribution in [3.05, 3.63) is 35.4 Å². The number of anilines is 1. The van der Waals surface area contributed by atoms with E-state index >= 15 is 0 Å². The van der Waals surface area contributed by atoms with Crippen molar-refractivity contribution in [3.8, 4) is 23.3 Å². The van der Waals surface area contributed by atoms with Crippen LogP contribution in [0.2, 0.25) is 0 Å². The summed E-state index contributed by atoms with van der Waals surface area (Å²) in [6.07, 6.45) is 0. The first kappa shape index (κ1) is 19.1. The summed E-state index contributed by atoms with van der Waals surface area (Å²) in [4.78, 5) is 25.5. The first-order valence-electron chi connectivity index (χ1n) is 7.61. The number of nitriles is 1. The molecule has 0 saturated heterocycles. The topological polar surface area (TPSA) is 143 Å². The van der Waals surface area contributed by atoms with Crippen molar-refractivity contribution >= 4 is 11.7 Å². The van der Waals surface area contributed by atoms with Crippen molar-refractivity contribution in [2.24, 2.45) is 0 Å². The number of carbonyl (C=O) groups excluding carboxylic acids is 1. The Balaban J connectivity index is 2.32. The van der Waals surface area contributed by atoms with Gasteiger partial charge in [0.25, 0.3) is 5.91 Å². The number of rotatable bonds is 6. The maximum Gasteiger partial charge on any atom is 0.284 e. The van der Waals surface area contributed by atoms with E-state index in [9.17, 15) is 9.90 Å². The molecule has 0 saturated carbocycles. The lowest BCUT2D eigenvalue weighted by atomic mass is 10.1. The van der Waals surface area contributed by atoms with Gasteiger partial charge in [0.1, 0.15) is 18.0 Å². The van der Waals surface area contributed by atoms with Crippen LogP contribution < -0.4 is 16.0 Å². The Morgan fingerprint density at radius 1 is 1.42 bits per heavy atom. The number of nitrogens with one attached hydrogen (secondary N) is 1. The third-order valence-corrected chi connectivity index (χ3v) is 3.16. The molecule has 1 aromatic carbocycles. The van der Waals surface area contributed by atoms with Crippen molar-refractivity contribution < 1.29 is 19.5 Å². The van der Waals surface area contributed by atoms with Crippen molar-refractivity contribution in [2.45, 2.75) is 19.4 Å². The van der Waals surface area contributed by atoms with Gasteiger partial charge in [-0.1, -0.05) is 12.1 Å². The second-order valence-electron chi connectivity index (χ2n) is 6.04. The zero-order valence-electron chi connectivity index (χ0n) is 14.6. The van der Waals surface area contributed by atoms with E-state index in [2.05, 4.69) is 15.4 Å². The Bertz CT molecular complexity index is 855. The molecule has 0 unspecified atom stereocenters. The number of hydrogen-bond donors (Lipinski definition) is 3. The summed E-state index contributed by atoms with van der Waals surface area (Å²) >= 11 is 0. The summed E-state index contributed by atoms with van der Waals surface area (Å²) in [6.45, 7) is 2.93. The van der Waals surface area contributed by atoms with Crippen LogP contribution in [-0.4, -0.2) is 40.3 Å². The number of nitrogens with zero attached hydrogens (tertiary/aromatic N) is 3. The smallest absolute Gasteiger partial charge is 0.284 e. The fourth-order valence-electron chi connectivity index (χ4n) is 2.00. The summed E-state index contributed by atoms with van der Waals surface area (Å²) in [6, 6.07) is 8.66. The first-order valence-corrected chi connectivity index (χ1v) is 7.61. The van der Waals surface area contributed by atoms with Gasteiger partial charge in [-0.2, -0.15) is 10.2 Å². The second-order valence-corrected chi connectivity index (χ2v) is 6.04. The van der Waals surface area contributed by atoms with Crippen LogP contribution in [0.1, 0.15) is 29.8 Å². The van der Waals surface area contributed by atoms with Gasteiger partial charge in [-0.3, -0.25) is 9.63 Å². The Kier molecular flexibility index (Phi) is 5.71. The number of benzene rings is 1. The predicted molar refractivity (Wildman–Crippen MR) is 92.9 cm³/mol. The van der Waals surface area contributed by atoms with E-state index in [0.29, 0.717) is 11.1 Å². The van der Waals surface area contributed by atoms with Crippen molar-refractivity contribution in [2.75, 3.05) is 19.5 Å². The molecule has 0 aliphatic heterocycles. The van der Waals surface area contributed by atoms with Gasteiger partial charge in [0.2, 0.25) is 5.88 Å². The van der Waals surface area contributed by atoms with Crippen LogP contribution in [0.15, 0.2) is 24.3 Å². The van der Waals surface area contributed by atoms with Crippen LogP contribution >= 0.6 is 0 Å². The number of ether oxygens (including phenoxy) is 1. The van der Waals surface area contributed by atoms with Gasteiger partial charge in [0, 0.05) is 5.56 Å². The van der Waals surface area contributed by atoms with Crippen molar-refractivity contribution in [1.82, 2.24) is 15.4 Å². The predicted octanol–water partition coefficient (Wildman–Crippen LogP) is 1.04. The molecule has 0 atom stereocenters. The van der Waals surface area contributed by atoms with Gasteiger partial charge < -0.3 is 15.6 Å². The summed E-state index contributed by atoms with van der Waals surface area (Å²) in [5.41, 5.74) is 7.85. The lowest BCUT2D eigenvalue weighted by Gasteiger charge is -2.17. The Morgan fingerprint density at radius 2 is 2.15 bits per heavy atom. The molecule has 26 heavy (non-hydrogen) atoms. The highest BCUT2D eigenvalue weighted by atomic mass is 16.7. The molecule has 0 spiro atoms. The third kappa shape index (κ3) is 4.66. The lowest BCUT2D eigenvalue weighted by molar-refractivity contribution is -0.0523. The molecule has 0 fully saturated rings. The van der Waals surface area contributed by atoms with Crippen LogP contribution in [0.3, 0.4) is 0 Å². The molecule has 2 rings (SSSR count). The van der Waals surface area contributed by atoms with E-state index in [0.717, 1.165) is 0 Å². The minimum absolute atomic E-state index is 0.0424. The molecular weight excluding hydrogens is 338 g/mol. The highest BCUT2D eigenvalue weighted by Gasteiger charge is 2.22. The van der Waals surface area contributed by atoms with Crippen LogP contribution in [0.25, 0.3) is 11.4 Å². The summed E-state index contributed by atoms with van der Waals surface area (Å²) in [5.74, 6) is -0.649. The number of hydrogen-bond acceptors (Lipinski definition) is 8. The van der Waals surface area contributed by atoms with Gasteiger partial charge in [-0.25, -0.2) is 10.5 Å². The monoisotopic (exact) mass is 357 g/mol. The van der Waals surface area contributed by atoms with E-state index < -0.39 is 11.5 Å². The van der Waals surface area contributed by atoms with Gasteiger partial charge >= 0.3 is 0 Å².